The Labute approximate surface area is 179 Å². The van der Waals surface area contributed by atoms with Crippen molar-refractivity contribution >= 4 is 5.91 Å². The lowest BCUT2D eigenvalue weighted by Gasteiger charge is -2.42. The Hall–Kier alpha value is -2.21. The molecule has 0 atom stereocenters. The fourth-order valence-electron chi connectivity index (χ4n) is 4.83. The second kappa shape index (κ2) is 9.73. The zero-order chi connectivity index (χ0) is 20.9. The normalized spacial score (nSPS) is 19.2. The largest absolute Gasteiger partial charge is 0.395 e. The zero-order valence-corrected chi connectivity index (χ0v) is 18.0. The smallest absolute Gasteiger partial charge is 0.253 e. The number of piperidine rings is 1. The summed E-state index contributed by atoms with van der Waals surface area (Å²) >= 11 is 0. The van der Waals surface area contributed by atoms with Crippen LogP contribution >= 0.6 is 0 Å². The van der Waals surface area contributed by atoms with Crippen LogP contribution in [0.15, 0.2) is 48.5 Å². The van der Waals surface area contributed by atoms with Crippen LogP contribution in [0.1, 0.15) is 28.8 Å². The second-order valence-electron chi connectivity index (χ2n) is 8.52. The van der Waals surface area contributed by atoms with Gasteiger partial charge in [-0.15, -0.1) is 0 Å². The van der Waals surface area contributed by atoms with Crippen molar-refractivity contribution < 1.29 is 9.90 Å². The summed E-state index contributed by atoms with van der Waals surface area (Å²) in [6, 6.07) is 16.9. The number of carbonyl (C=O) groups is 1. The van der Waals surface area contributed by atoms with Crippen molar-refractivity contribution in [3.63, 3.8) is 0 Å². The Morgan fingerprint density at radius 2 is 1.70 bits per heavy atom. The maximum absolute atomic E-state index is 13.1. The molecular formula is C25H33N3O2. The lowest BCUT2D eigenvalue weighted by atomic mass is 9.97. The van der Waals surface area contributed by atoms with E-state index >= 15 is 0 Å². The van der Waals surface area contributed by atoms with E-state index in [9.17, 15) is 4.79 Å². The van der Waals surface area contributed by atoms with E-state index in [2.05, 4.69) is 34.9 Å². The lowest BCUT2D eigenvalue weighted by Crippen LogP contribution is -2.54. The first kappa shape index (κ1) is 21.0. The first-order valence-electron chi connectivity index (χ1n) is 11.2. The third-order valence-corrected chi connectivity index (χ3v) is 6.66. The first-order valence-corrected chi connectivity index (χ1v) is 11.2. The van der Waals surface area contributed by atoms with Gasteiger partial charge in [-0.2, -0.15) is 0 Å². The highest BCUT2D eigenvalue weighted by molar-refractivity contribution is 5.95. The highest BCUT2D eigenvalue weighted by Crippen LogP contribution is 2.25. The lowest BCUT2D eigenvalue weighted by molar-refractivity contribution is 0.0451. The molecule has 0 spiro atoms. The van der Waals surface area contributed by atoms with Gasteiger partial charge in [0.25, 0.3) is 5.91 Å². The molecule has 1 N–H and O–H groups in total. The summed E-state index contributed by atoms with van der Waals surface area (Å²) in [6.45, 7) is 8.99. The Bertz CT molecular complexity index is 853. The average Bonchev–Trinajstić information content (AvgIpc) is 2.80. The van der Waals surface area contributed by atoms with Crippen molar-refractivity contribution in [2.75, 3.05) is 52.4 Å². The molecule has 4 rings (SSSR count). The van der Waals surface area contributed by atoms with Crippen LogP contribution in [0.2, 0.25) is 0 Å². The molecule has 0 unspecified atom stereocenters. The quantitative estimate of drug-likeness (QED) is 0.828. The third kappa shape index (κ3) is 4.75. The number of carbonyl (C=O) groups excluding carboxylic acids is 1. The molecule has 5 heteroatoms. The van der Waals surface area contributed by atoms with E-state index in [-0.39, 0.29) is 12.5 Å². The summed E-state index contributed by atoms with van der Waals surface area (Å²) in [5, 5.41) is 9.11. The Kier molecular flexibility index (Phi) is 6.82. The SMILES string of the molecule is Cc1ccccc1-c1cccc(C(=O)N2CCC(N3CCN(CCO)CC3)CC2)c1. The summed E-state index contributed by atoms with van der Waals surface area (Å²) < 4.78 is 0. The van der Waals surface area contributed by atoms with Crippen molar-refractivity contribution in [3.05, 3.63) is 59.7 Å². The maximum Gasteiger partial charge on any atom is 0.253 e. The summed E-state index contributed by atoms with van der Waals surface area (Å²) in [6.07, 6.45) is 2.09. The van der Waals surface area contributed by atoms with Crippen LogP contribution in [0, 0.1) is 6.92 Å². The number of aliphatic hydroxyl groups excluding tert-OH is 1. The van der Waals surface area contributed by atoms with Crippen molar-refractivity contribution in [3.8, 4) is 11.1 Å². The van der Waals surface area contributed by atoms with Crippen molar-refractivity contribution in [2.45, 2.75) is 25.8 Å². The highest BCUT2D eigenvalue weighted by atomic mass is 16.3. The van der Waals surface area contributed by atoms with Gasteiger partial charge in [-0.05, 0) is 48.6 Å². The zero-order valence-electron chi connectivity index (χ0n) is 18.0. The molecule has 1 amide bonds. The molecule has 2 aliphatic heterocycles. The van der Waals surface area contributed by atoms with Crippen molar-refractivity contribution in [1.29, 1.82) is 0 Å². The van der Waals surface area contributed by atoms with E-state index in [0.717, 1.165) is 69.8 Å². The highest BCUT2D eigenvalue weighted by Gasteiger charge is 2.29. The molecule has 160 valence electrons. The molecule has 0 bridgehead atoms. The van der Waals surface area contributed by atoms with Crippen LogP contribution in [-0.2, 0) is 0 Å². The van der Waals surface area contributed by atoms with Crippen LogP contribution < -0.4 is 0 Å². The number of benzene rings is 2. The van der Waals surface area contributed by atoms with Gasteiger partial charge in [0.05, 0.1) is 6.61 Å². The molecule has 2 aromatic rings. The fourth-order valence-corrected chi connectivity index (χ4v) is 4.83. The minimum atomic E-state index is 0.150. The van der Waals surface area contributed by atoms with E-state index in [0.29, 0.717) is 6.04 Å². The molecule has 30 heavy (non-hydrogen) atoms. The molecule has 2 saturated heterocycles. The fraction of sp³-hybridized carbons (Fsp3) is 0.480. The number of aliphatic hydroxyl groups is 1. The van der Waals surface area contributed by atoms with Gasteiger partial charge in [0.1, 0.15) is 0 Å². The molecular weight excluding hydrogens is 374 g/mol. The Morgan fingerprint density at radius 1 is 0.967 bits per heavy atom. The molecule has 0 aliphatic carbocycles. The van der Waals surface area contributed by atoms with Crippen LogP contribution in [0.5, 0.6) is 0 Å². The second-order valence-corrected chi connectivity index (χ2v) is 8.52. The topological polar surface area (TPSA) is 47.0 Å². The number of rotatable bonds is 5. The first-order chi connectivity index (χ1) is 14.7. The molecule has 2 aromatic carbocycles. The van der Waals surface area contributed by atoms with Gasteiger partial charge in [0, 0.05) is 57.4 Å². The van der Waals surface area contributed by atoms with E-state index in [1.165, 1.54) is 11.1 Å². The molecule has 2 heterocycles. The number of hydrogen-bond donors (Lipinski definition) is 1. The van der Waals surface area contributed by atoms with Gasteiger partial charge in [-0.1, -0.05) is 36.4 Å². The van der Waals surface area contributed by atoms with Crippen LogP contribution in [0.25, 0.3) is 11.1 Å². The number of amides is 1. The summed E-state index contributed by atoms with van der Waals surface area (Å²) in [5.74, 6) is 0.150. The number of β-amino-alcohol motifs (C(OH)–C–C–N with tert-alkyl or cyclic N) is 1. The molecule has 0 saturated carbocycles. The van der Waals surface area contributed by atoms with Crippen LogP contribution in [-0.4, -0.2) is 84.2 Å². The number of piperazine rings is 1. The third-order valence-electron chi connectivity index (χ3n) is 6.66. The van der Waals surface area contributed by atoms with E-state index in [1.807, 2.05) is 35.2 Å². The Morgan fingerprint density at radius 3 is 2.40 bits per heavy atom. The maximum atomic E-state index is 13.1. The summed E-state index contributed by atoms with van der Waals surface area (Å²) in [4.78, 5) is 20.1. The summed E-state index contributed by atoms with van der Waals surface area (Å²) in [7, 11) is 0. The molecule has 2 aliphatic rings. The molecule has 0 radical (unpaired) electrons. The van der Waals surface area contributed by atoms with E-state index in [1.54, 1.807) is 0 Å². The minimum absolute atomic E-state index is 0.150. The monoisotopic (exact) mass is 407 g/mol. The van der Waals surface area contributed by atoms with Crippen LogP contribution in [0.3, 0.4) is 0 Å². The Balaban J connectivity index is 1.35. The average molecular weight is 408 g/mol. The minimum Gasteiger partial charge on any atom is -0.395 e. The van der Waals surface area contributed by atoms with Crippen LogP contribution in [0.4, 0.5) is 0 Å². The number of aryl methyl sites for hydroxylation is 1. The number of likely N-dealkylation sites (tertiary alicyclic amines) is 1. The number of nitrogens with zero attached hydrogens (tertiary/aromatic N) is 3. The van der Waals surface area contributed by atoms with E-state index in [4.69, 9.17) is 5.11 Å². The van der Waals surface area contributed by atoms with Gasteiger partial charge in [0.2, 0.25) is 0 Å². The van der Waals surface area contributed by atoms with Gasteiger partial charge in [-0.3, -0.25) is 14.6 Å². The molecule has 0 aromatic heterocycles. The van der Waals surface area contributed by atoms with E-state index < -0.39 is 0 Å². The van der Waals surface area contributed by atoms with Crippen molar-refractivity contribution in [1.82, 2.24) is 14.7 Å². The van der Waals surface area contributed by atoms with Gasteiger partial charge >= 0.3 is 0 Å². The predicted octanol–water partition coefficient (Wildman–Crippen LogP) is 2.88. The van der Waals surface area contributed by atoms with Crippen molar-refractivity contribution in [2.24, 2.45) is 0 Å². The summed E-state index contributed by atoms with van der Waals surface area (Å²) in [5.41, 5.74) is 4.30. The van der Waals surface area contributed by atoms with Gasteiger partial charge in [-0.25, -0.2) is 0 Å². The molecule has 5 nitrogen and oxygen atoms in total. The predicted molar refractivity (Wildman–Crippen MR) is 121 cm³/mol. The standard InChI is InChI=1S/C25H33N3O2/c1-20-5-2-3-8-24(20)21-6-4-7-22(19-21)25(30)28-11-9-23(10-12-28)27-15-13-26(14-16-27)17-18-29/h2-8,19,23,29H,9-18H2,1H3. The number of hydrogen-bond acceptors (Lipinski definition) is 4. The van der Waals surface area contributed by atoms with Gasteiger partial charge in [0.15, 0.2) is 0 Å². The van der Waals surface area contributed by atoms with Gasteiger partial charge < -0.3 is 10.0 Å². The molecule has 2 fully saturated rings.